The molecule has 138 valence electrons. The lowest BCUT2D eigenvalue weighted by molar-refractivity contribution is -0.0658. The van der Waals surface area contributed by atoms with Gasteiger partial charge >= 0.3 is 5.69 Å². The summed E-state index contributed by atoms with van der Waals surface area (Å²) in [6, 6.07) is 9.69. The van der Waals surface area contributed by atoms with E-state index in [-0.39, 0.29) is 19.0 Å². The number of aromatic nitrogens is 2. The number of rotatable bonds is 6. The Balaban J connectivity index is 1.60. The van der Waals surface area contributed by atoms with Gasteiger partial charge in [0.25, 0.3) is 5.56 Å². The number of hydrogen-bond acceptors (Lipinski definition) is 7. The van der Waals surface area contributed by atoms with Crippen LogP contribution in [-0.2, 0) is 9.47 Å². The molecule has 9 heteroatoms. The third kappa shape index (κ3) is 3.81. The van der Waals surface area contributed by atoms with Gasteiger partial charge in [0.2, 0.25) is 0 Å². The molecular weight excluding hydrogens is 344 g/mol. The number of nitrogens with zero attached hydrogens (tertiary/aromatic N) is 1. The summed E-state index contributed by atoms with van der Waals surface area (Å²) >= 11 is 0. The van der Waals surface area contributed by atoms with Gasteiger partial charge in [0.05, 0.1) is 6.61 Å². The number of carbonyl (C=O) groups is 1. The topological polar surface area (TPSA) is 131 Å². The van der Waals surface area contributed by atoms with Gasteiger partial charge < -0.3 is 19.7 Å². The van der Waals surface area contributed by atoms with Crippen LogP contribution in [-0.4, -0.2) is 57.1 Å². The van der Waals surface area contributed by atoms with Crippen LogP contribution in [0.4, 0.5) is 0 Å². The highest BCUT2D eigenvalue weighted by Crippen LogP contribution is 2.28. The lowest BCUT2D eigenvalue weighted by atomic mass is 10.1. The molecule has 1 saturated heterocycles. The molecule has 1 aromatic carbocycles. The number of aliphatic hydroxyl groups excluding tert-OH is 2. The Morgan fingerprint density at radius 1 is 1.15 bits per heavy atom. The maximum absolute atomic E-state index is 12.0. The average Bonchev–Trinajstić information content (AvgIpc) is 2.91. The number of carbonyl (C=O) groups excluding carboxylic acids is 1. The Kier molecular flexibility index (Phi) is 5.43. The van der Waals surface area contributed by atoms with E-state index in [2.05, 4.69) is 0 Å². The van der Waals surface area contributed by atoms with E-state index in [4.69, 9.17) is 9.47 Å². The molecule has 26 heavy (non-hydrogen) atoms. The van der Waals surface area contributed by atoms with Crippen molar-refractivity contribution < 1.29 is 24.5 Å². The molecule has 9 nitrogen and oxygen atoms in total. The van der Waals surface area contributed by atoms with Crippen molar-refractivity contribution in [2.24, 2.45) is 0 Å². The fourth-order valence-electron chi connectivity index (χ4n) is 2.70. The van der Waals surface area contributed by atoms with E-state index < -0.39 is 35.8 Å². The highest BCUT2D eigenvalue weighted by Gasteiger charge is 2.44. The Morgan fingerprint density at radius 2 is 1.88 bits per heavy atom. The van der Waals surface area contributed by atoms with Crippen LogP contribution in [0.2, 0.25) is 0 Å². The number of aromatic amines is 1. The third-order valence-corrected chi connectivity index (χ3v) is 4.07. The minimum Gasteiger partial charge on any atom is -0.387 e. The van der Waals surface area contributed by atoms with Crippen molar-refractivity contribution in [1.82, 2.24) is 9.55 Å². The quantitative estimate of drug-likeness (QED) is 0.565. The first-order chi connectivity index (χ1) is 12.5. The van der Waals surface area contributed by atoms with Gasteiger partial charge in [-0.3, -0.25) is 19.1 Å². The number of hydrogen-bond donors (Lipinski definition) is 3. The number of nitrogens with one attached hydrogen (secondary N) is 1. The lowest BCUT2D eigenvalue weighted by Gasteiger charge is -2.16. The van der Waals surface area contributed by atoms with Crippen LogP contribution >= 0.6 is 0 Å². The monoisotopic (exact) mass is 362 g/mol. The summed E-state index contributed by atoms with van der Waals surface area (Å²) in [6.07, 6.45) is -3.64. The van der Waals surface area contributed by atoms with Crippen molar-refractivity contribution in [3.05, 3.63) is 69.0 Å². The molecule has 0 spiro atoms. The van der Waals surface area contributed by atoms with Crippen LogP contribution in [0.25, 0.3) is 0 Å². The first-order valence-corrected chi connectivity index (χ1v) is 7.96. The number of ketones is 1. The molecule has 0 amide bonds. The lowest BCUT2D eigenvalue weighted by Crippen LogP contribution is -2.37. The van der Waals surface area contributed by atoms with Gasteiger partial charge in [0, 0.05) is 17.8 Å². The Bertz CT molecular complexity index is 876. The summed E-state index contributed by atoms with van der Waals surface area (Å²) in [4.78, 5) is 36.9. The van der Waals surface area contributed by atoms with Gasteiger partial charge in [-0.1, -0.05) is 30.3 Å². The number of benzene rings is 1. The van der Waals surface area contributed by atoms with E-state index in [0.717, 1.165) is 10.6 Å². The maximum Gasteiger partial charge on any atom is 0.330 e. The Labute approximate surface area is 147 Å². The molecule has 0 bridgehead atoms. The van der Waals surface area contributed by atoms with Crippen LogP contribution in [0.1, 0.15) is 16.6 Å². The SMILES string of the molecule is O=C(COC[C@H]1O[C@@H](n2ccc(=O)[nH]c2=O)[C@H](O)[C@@H]1O)c1ccccc1. The Morgan fingerprint density at radius 3 is 2.58 bits per heavy atom. The normalized spacial score (nSPS) is 25.3. The second-order valence-corrected chi connectivity index (χ2v) is 5.87. The van der Waals surface area contributed by atoms with Crippen LogP contribution in [0.3, 0.4) is 0 Å². The second-order valence-electron chi connectivity index (χ2n) is 5.87. The number of H-pyrrole nitrogens is 1. The standard InChI is InChI=1S/C17H18N2O7/c20-11(10-4-2-1-3-5-10)8-25-9-12-14(22)15(23)16(26-12)19-7-6-13(21)18-17(19)24/h1-7,12,14-16,22-23H,8-9H2,(H,18,21,24)/t12-,14-,15-,16-/m1/s1. The molecule has 2 aromatic rings. The van der Waals surface area contributed by atoms with Gasteiger partial charge in [0.15, 0.2) is 12.0 Å². The van der Waals surface area contributed by atoms with E-state index in [1.165, 1.54) is 6.20 Å². The van der Waals surface area contributed by atoms with E-state index in [0.29, 0.717) is 5.56 Å². The van der Waals surface area contributed by atoms with E-state index in [1.807, 2.05) is 4.98 Å². The zero-order valence-electron chi connectivity index (χ0n) is 13.6. The molecule has 3 rings (SSSR count). The van der Waals surface area contributed by atoms with Crippen molar-refractivity contribution in [2.75, 3.05) is 13.2 Å². The van der Waals surface area contributed by atoms with Gasteiger partial charge in [-0.05, 0) is 0 Å². The fraction of sp³-hybridized carbons (Fsp3) is 0.353. The predicted molar refractivity (Wildman–Crippen MR) is 88.8 cm³/mol. The minimum atomic E-state index is -1.39. The zero-order chi connectivity index (χ0) is 18.7. The molecule has 4 atom stereocenters. The highest BCUT2D eigenvalue weighted by atomic mass is 16.6. The molecule has 0 radical (unpaired) electrons. The summed E-state index contributed by atoms with van der Waals surface area (Å²) in [5, 5.41) is 20.2. The molecule has 0 saturated carbocycles. The van der Waals surface area contributed by atoms with Crippen LogP contribution < -0.4 is 11.2 Å². The van der Waals surface area contributed by atoms with E-state index >= 15 is 0 Å². The maximum atomic E-state index is 12.0. The molecule has 1 aliphatic heterocycles. The first kappa shape index (κ1) is 18.2. The van der Waals surface area contributed by atoms with E-state index in [9.17, 15) is 24.6 Å². The van der Waals surface area contributed by atoms with Crippen molar-refractivity contribution >= 4 is 5.78 Å². The first-order valence-electron chi connectivity index (χ1n) is 7.96. The van der Waals surface area contributed by atoms with Gasteiger partial charge in [-0.25, -0.2) is 4.79 Å². The third-order valence-electron chi connectivity index (χ3n) is 4.07. The van der Waals surface area contributed by atoms with Gasteiger partial charge in [-0.2, -0.15) is 0 Å². The molecule has 1 aromatic heterocycles. The molecule has 2 heterocycles. The van der Waals surface area contributed by atoms with Crippen molar-refractivity contribution in [3.63, 3.8) is 0 Å². The molecule has 0 aliphatic carbocycles. The second kappa shape index (κ2) is 7.75. The summed E-state index contributed by atoms with van der Waals surface area (Å²) in [6.45, 7) is -0.360. The number of aliphatic hydroxyl groups is 2. The summed E-state index contributed by atoms with van der Waals surface area (Å²) in [5.41, 5.74) is -0.855. The summed E-state index contributed by atoms with van der Waals surface area (Å²) in [5.74, 6) is -0.230. The van der Waals surface area contributed by atoms with Crippen LogP contribution in [0.5, 0.6) is 0 Å². The number of ether oxygens (including phenoxy) is 2. The minimum absolute atomic E-state index is 0.147. The van der Waals surface area contributed by atoms with Crippen molar-refractivity contribution in [3.8, 4) is 0 Å². The molecular formula is C17H18N2O7. The van der Waals surface area contributed by atoms with Crippen LogP contribution in [0.15, 0.2) is 52.2 Å². The van der Waals surface area contributed by atoms with Crippen molar-refractivity contribution in [1.29, 1.82) is 0 Å². The number of Topliss-reactive ketones (excluding diaryl/α,β-unsaturated/α-hetero) is 1. The highest BCUT2D eigenvalue weighted by molar-refractivity contribution is 5.96. The largest absolute Gasteiger partial charge is 0.387 e. The van der Waals surface area contributed by atoms with Crippen LogP contribution in [0, 0.1) is 0 Å². The predicted octanol–water partition coefficient (Wildman–Crippen LogP) is -0.945. The molecule has 3 N–H and O–H groups in total. The van der Waals surface area contributed by atoms with E-state index in [1.54, 1.807) is 30.3 Å². The summed E-state index contributed by atoms with van der Waals surface area (Å²) < 4.78 is 11.8. The zero-order valence-corrected chi connectivity index (χ0v) is 13.6. The summed E-state index contributed by atoms with van der Waals surface area (Å²) in [7, 11) is 0. The molecule has 1 aliphatic rings. The fourth-order valence-corrected chi connectivity index (χ4v) is 2.70. The molecule has 1 fully saturated rings. The smallest absolute Gasteiger partial charge is 0.330 e. The van der Waals surface area contributed by atoms with Crippen molar-refractivity contribution in [2.45, 2.75) is 24.5 Å². The average molecular weight is 362 g/mol. The molecule has 0 unspecified atom stereocenters. The van der Waals surface area contributed by atoms with Gasteiger partial charge in [0.1, 0.15) is 24.9 Å². The van der Waals surface area contributed by atoms with Gasteiger partial charge in [-0.15, -0.1) is 0 Å². The Hall–Kier alpha value is -2.59.